The zero-order valence-corrected chi connectivity index (χ0v) is 11.6. The van der Waals surface area contributed by atoms with Gasteiger partial charge in [0.05, 0.1) is 10.7 Å². The summed E-state index contributed by atoms with van der Waals surface area (Å²) in [6.07, 6.45) is 0. The standard InChI is InChI=1S/C13H11ClFNO2S/c1-9-6-7-10(14)12(8-9)16-19(17,18)13-5-3-2-4-11(13)15/h2-8,16H,1H3. The summed E-state index contributed by atoms with van der Waals surface area (Å²) in [5, 5.41) is 0.255. The summed E-state index contributed by atoms with van der Waals surface area (Å²) in [6.45, 7) is 1.80. The van der Waals surface area contributed by atoms with Crippen LogP contribution >= 0.6 is 11.6 Å². The van der Waals surface area contributed by atoms with E-state index in [9.17, 15) is 12.8 Å². The molecule has 2 rings (SSSR count). The topological polar surface area (TPSA) is 46.2 Å². The fourth-order valence-corrected chi connectivity index (χ4v) is 2.95. The second-order valence-electron chi connectivity index (χ2n) is 4.02. The van der Waals surface area contributed by atoms with Crippen LogP contribution in [-0.2, 0) is 10.0 Å². The Bertz CT molecular complexity index is 716. The molecule has 0 fully saturated rings. The summed E-state index contributed by atoms with van der Waals surface area (Å²) >= 11 is 5.91. The second-order valence-corrected chi connectivity index (χ2v) is 6.08. The molecule has 0 bridgehead atoms. The lowest BCUT2D eigenvalue weighted by Gasteiger charge is -2.10. The van der Waals surface area contributed by atoms with Gasteiger partial charge < -0.3 is 0 Å². The van der Waals surface area contributed by atoms with Crippen molar-refractivity contribution in [3.05, 3.63) is 58.9 Å². The molecule has 0 unspecified atom stereocenters. The van der Waals surface area contributed by atoms with E-state index in [1.54, 1.807) is 25.1 Å². The van der Waals surface area contributed by atoms with Gasteiger partial charge in [0.1, 0.15) is 10.7 Å². The van der Waals surface area contributed by atoms with Gasteiger partial charge >= 0.3 is 0 Å². The molecule has 2 aromatic carbocycles. The fraction of sp³-hybridized carbons (Fsp3) is 0.0769. The van der Waals surface area contributed by atoms with E-state index in [2.05, 4.69) is 4.72 Å². The quantitative estimate of drug-likeness (QED) is 0.941. The third kappa shape index (κ3) is 3.05. The lowest BCUT2D eigenvalue weighted by Crippen LogP contribution is -2.14. The van der Waals surface area contributed by atoms with Crippen molar-refractivity contribution in [3.63, 3.8) is 0 Å². The normalized spacial score (nSPS) is 11.3. The third-order valence-electron chi connectivity index (χ3n) is 2.49. The number of halogens is 2. The number of benzene rings is 2. The number of aryl methyl sites for hydroxylation is 1. The third-order valence-corrected chi connectivity index (χ3v) is 4.22. The number of anilines is 1. The Labute approximate surface area is 116 Å². The van der Waals surface area contributed by atoms with Crippen molar-refractivity contribution in [1.82, 2.24) is 0 Å². The molecular weight excluding hydrogens is 289 g/mol. The minimum atomic E-state index is -3.99. The van der Waals surface area contributed by atoms with Crippen molar-refractivity contribution < 1.29 is 12.8 Å². The molecule has 0 radical (unpaired) electrons. The predicted molar refractivity (Wildman–Crippen MR) is 73.4 cm³/mol. The minimum absolute atomic E-state index is 0.227. The number of hydrogen-bond acceptors (Lipinski definition) is 2. The highest BCUT2D eigenvalue weighted by molar-refractivity contribution is 7.92. The Kier molecular flexibility index (Phi) is 3.78. The lowest BCUT2D eigenvalue weighted by molar-refractivity contribution is 0.570. The lowest BCUT2D eigenvalue weighted by atomic mass is 10.2. The first-order valence-corrected chi connectivity index (χ1v) is 7.30. The van der Waals surface area contributed by atoms with E-state index >= 15 is 0 Å². The van der Waals surface area contributed by atoms with Crippen molar-refractivity contribution in [2.75, 3.05) is 4.72 Å². The Morgan fingerprint density at radius 1 is 1.16 bits per heavy atom. The Morgan fingerprint density at radius 3 is 2.53 bits per heavy atom. The monoisotopic (exact) mass is 299 g/mol. The van der Waals surface area contributed by atoms with Crippen LogP contribution in [0.25, 0.3) is 0 Å². The van der Waals surface area contributed by atoms with Gasteiger partial charge in [0.25, 0.3) is 10.0 Å². The van der Waals surface area contributed by atoms with Gasteiger partial charge in [-0.1, -0.05) is 29.8 Å². The molecular formula is C13H11ClFNO2S. The largest absolute Gasteiger partial charge is 0.278 e. The summed E-state index contributed by atoms with van der Waals surface area (Å²) in [5.41, 5.74) is 1.07. The van der Waals surface area contributed by atoms with Gasteiger partial charge in [-0.2, -0.15) is 0 Å². The van der Waals surface area contributed by atoms with Crippen molar-refractivity contribution in [1.29, 1.82) is 0 Å². The fourth-order valence-electron chi connectivity index (χ4n) is 1.58. The summed E-state index contributed by atoms with van der Waals surface area (Å²) in [4.78, 5) is -0.410. The smallest absolute Gasteiger partial charge is 0.264 e. The average Bonchev–Trinajstić information content (AvgIpc) is 2.34. The van der Waals surface area contributed by atoms with E-state index in [4.69, 9.17) is 11.6 Å². The van der Waals surface area contributed by atoms with E-state index in [0.29, 0.717) is 0 Å². The number of nitrogens with one attached hydrogen (secondary N) is 1. The summed E-state index contributed by atoms with van der Waals surface area (Å²) in [7, 11) is -3.99. The van der Waals surface area contributed by atoms with Crippen molar-refractivity contribution in [2.24, 2.45) is 0 Å². The molecule has 19 heavy (non-hydrogen) atoms. The predicted octanol–water partition coefficient (Wildman–Crippen LogP) is 3.59. The van der Waals surface area contributed by atoms with Gasteiger partial charge in [-0.25, -0.2) is 12.8 Å². The zero-order valence-electron chi connectivity index (χ0n) is 10.0. The molecule has 0 atom stereocenters. The molecule has 2 aromatic rings. The van der Waals surface area contributed by atoms with Gasteiger partial charge in [0.15, 0.2) is 0 Å². The molecule has 0 saturated heterocycles. The molecule has 0 aliphatic heterocycles. The van der Waals surface area contributed by atoms with E-state index in [-0.39, 0.29) is 10.7 Å². The molecule has 0 aliphatic carbocycles. The summed E-state index contributed by atoms with van der Waals surface area (Å²) in [5.74, 6) is -0.807. The maximum absolute atomic E-state index is 13.5. The van der Waals surface area contributed by atoms with Crippen molar-refractivity contribution in [3.8, 4) is 0 Å². The van der Waals surface area contributed by atoms with Crippen LogP contribution in [0.5, 0.6) is 0 Å². The average molecular weight is 300 g/mol. The zero-order chi connectivity index (χ0) is 14.0. The SMILES string of the molecule is Cc1ccc(Cl)c(NS(=O)(=O)c2ccccc2F)c1. The molecule has 3 nitrogen and oxygen atoms in total. The number of hydrogen-bond donors (Lipinski definition) is 1. The van der Waals surface area contributed by atoms with Crippen molar-refractivity contribution >= 4 is 27.3 Å². The minimum Gasteiger partial charge on any atom is -0.278 e. The van der Waals surface area contributed by atoms with E-state index in [1.807, 2.05) is 0 Å². The van der Waals surface area contributed by atoms with Crippen LogP contribution in [0.2, 0.25) is 5.02 Å². The van der Waals surface area contributed by atoms with Crippen LogP contribution in [0.4, 0.5) is 10.1 Å². The Morgan fingerprint density at radius 2 is 1.84 bits per heavy atom. The molecule has 0 amide bonds. The summed E-state index contributed by atoms with van der Waals surface area (Å²) in [6, 6.07) is 10.1. The van der Waals surface area contributed by atoms with Crippen LogP contribution in [0.3, 0.4) is 0 Å². The van der Waals surface area contributed by atoms with E-state index in [0.717, 1.165) is 11.6 Å². The van der Waals surface area contributed by atoms with Gasteiger partial charge in [-0.15, -0.1) is 0 Å². The molecule has 0 aromatic heterocycles. The highest BCUT2D eigenvalue weighted by Gasteiger charge is 2.19. The van der Waals surface area contributed by atoms with E-state index < -0.39 is 20.7 Å². The number of sulfonamides is 1. The van der Waals surface area contributed by atoms with Crippen LogP contribution in [-0.4, -0.2) is 8.42 Å². The van der Waals surface area contributed by atoms with Crippen LogP contribution in [0, 0.1) is 12.7 Å². The Hall–Kier alpha value is -1.59. The van der Waals surface area contributed by atoms with E-state index in [1.165, 1.54) is 18.2 Å². The summed E-state index contributed by atoms with van der Waals surface area (Å²) < 4.78 is 40.0. The van der Waals surface area contributed by atoms with Crippen molar-refractivity contribution in [2.45, 2.75) is 11.8 Å². The molecule has 0 aliphatic rings. The molecule has 6 heteroatoms. The van der Waals surface area contributed by atoms with Gasteiger partial charge in [-0.05, 0) is 36.8 Å². The number of rotatable bonds is 3. The molecule has 100 valence electrons. The molecule has 0 spiro atoms. The molecule has 0 saturated carbocycles. The van der Waals surface area contributed by atoms with Gasteiger partial charge in [0, 0.05) is 0 Å². The van der Waals surface area contributed by atoms with Gasteiger partial charge in [-0.3, -0.25) is 4.72 Å². The first kappa shape index (κ1) is 13.8. The van der Waals surface area contributed by atoms with Gasteiger partial charge in [0.2, 0.25) is 0 Å². The van der Waals surface area contributed by atoms with Crippen LogP contribution < -0.4 is 4.72 Å². The molecule has 0 heterocycles. The molecule has 1 N–H and O–H groups in total. The highest BCUT2D eigenvalue weighted by Crippen LogP contribution is 2.26. The van der Waals surface area contributed by atoms with Crippen LogP contribution in [0.1, 0.15) is 5.56 Å². The second kappa shape index (κ2) is 5.19. The first-order valence-electron chi connectivity index (χ1n) is 5.43. The van der Waals surface area contributed by atoms with Crippen LogP contribution in [0.15, 0.2) is 47.4 Å². The Balaban J connectivity index is 2.43. The maximum Gasteiger partial charge on any atom is 0.264 e. The highest BCUT2D eigenvalue weighted by atomic mass is 35.5. The maximum atomic E-state index is 13.5. The first-order chi connectivity index (χ1) is 8.90.